The molecule has 0 aliphatic carbocycles. The molecule has 2 unspecified atom stereocenters. The Morgan fingerprint density at radius 1 is 1.47 bits per heavy atom. The fourth-order valence-corrected chi connectivity index (χ4v) is 1.92. The predicted molar refractivity (Wildman–Crippen MR) is 70.6 cm³/mol. The minimum Gasteiger partial charge on any atom is -0.485 e. The second-order valence-corrected chi connectivity index (χ2v) is 4.63. The Labute approximate surface area is 108 Å². The van der Waals surface area contributed by atoms with Crippen LogP contribution in [-0.4, -0.2) is 23.9 Å². The molecule has 1 rings (SSSR count). The number of rotatable bonds is 6. The maximum absolute atomic E-state index is 9.28. The lowest BCUT2D eigenvalue weighted by molar-refractivity contribution is 0.0917. The molecule has 0 spiro atoms. The second-order valence-electron chi connectivity index (χ2n) is 4.23. The van der Waals surface area contributed by atoms with E-state index in [0.29, 0.717) is 10.8 Å². The fourth-order valence-electron chi connectivity index (χ4n) is 1.64. The maximum Gasteiger partial charge on any atom is 0.138 e. The molecule has 3 N–H and O–H groups in total. The summed E-state index contributed by atoms with van der Waals surface area (Å²) in [4.78, 5) is 0. The van der Waals surface area contributed by atoms with Gasteiger partial charge in [-0.3, -0.25) is 0 Å². The highest BCUT2D eigenvalue weighted by Gasteiger charge is 2.19. The zero-order valence-corrected chi connectivity index (χ0v) is 11.1. The Morgan fingerprint density at radius 3 is 2.71 bits per heavy atom. The summed E-state index contributed by atoms with van der Waals surface area (Å²) in [6.45, 7) is 3.90. The predicted octanol–water partition coefficient (Wildman–Crippen LogP) is 2.52. The highest BCUT2D eigenvalue weighted by molar-refractivity contribution is 6.32. The van der Waals surface area contributed by atoms with E-state index in [4.69, 9.17) is 22.1 Å². The average molecular weight is 258 g/mol. The topological polar surface area (TPSA) is 55.5 Å². The van der Waals surface area contributed by atoms with Crippen molar-refractivity contribution in [3.05, 3.63) is 28.8 Å². The number of hydrogen-bond acceptors (Lipinski definition) is 3. The van der Waals surface area contributed by atoms with Crippen molar-refractivity contribution in [2.75, 3.05) is 6.61 Å². The van der Waals surface area contributed by atoms with Crippen LogP contribution >= 0.6 is 11.6 Å². The lowest BCUT2D eigenvalue weighted by Gasteiger charge is -2.23. The first kappa shape index (κ1) is 14.3. The summed E-state index contributed by atoms with van der Waals surface area (Å²) in [5.74, 6) is 0.572. The summed E-state index contributed by atoms with van der Waals surface area (Å²) in [6, 6.07) is 5.37. The Hall–Kier alpha value is -0.770. The summed E-state index contributed by atoms with van der Waals surface area (Å²) in [5.41, 5.74) is 7.01. The van der Waals surface area contributed by atoms with Gasteiger partial charge in [-0.05, 0) is 31.0 Å². The summed E-state index contributed by atoms with van der Waals surface area (Å²) in [5, 5.41) is 9.83. The van der Waals surface area contributed by atoms with Crippen molar-refractivity contribution in [2.45, 2.75) is 38.8 Å². The normalized spacial score (nSPS) is 14.4. The van der Waals surface area contributed by atoms with E-state index < -0.39 is 6.10 Å². The van der Waals surface area contributed by atoms with Crippen LogP contribution in [0.5, 0.6) is 5.75 Å². The third kappa shape index (κ3) is 4.19. The first-order valence-corrected chi connectivity index (χ1v) is 6.25. The summed E-state index contributed by atoms with van der Waals surface area (Å²) < 4.78 is 5.66. The fraction of sp³-hybridized carbons (Fsp3) is 0.538. The van der Waals surface area contributed by atoms with E-state index in [0.717, 1.165) is 18.4 Å². The van der Waals surface area contributed by atoms with Crippen molar-refractivity contribution in [1.29, 1.82) is 0 Å². The molecule has 3 nitrogen and oxygen atoms in total. The molecule has 0 fully saturated rings. The van der Waals surface area contributed by atoms with Gasteiger partial charge in [0.05, 0.1) is 11.6 Å². The van der Waals surface area contributed by atoms with E-state index in [1.54, 1.807) is 6.07 Å². The van der Waals surface area contributed by atoms with Gasteiger partial charge < -0.3 is 15.6 Å². The number of ether oxygens (including phenoxy) is 1. The Balaban J connectivity index is 2.73. The van der Waals surface area contributed by atoms with E-state index in [-0.39, 0.29) is 12.6 Å². The van der Waals surface area contributed by atoms with Crippen molar-refractivity contribution in [3.8, 4) is 5.75 Å². The second kappa shape index (κ2) is 6.84. The van der Waals surface area contributed by atoms with Crippen molar-refractivity contribution < 1.29 is 9.84 Å². The Kier molecular flexibility index (Phi) is 5.75. The number of halogens is 1. The van der Waals surface area contributed by atoms with Crippen LogP contribution in [-0.2, 0) is 0 Å². The van der Waals surface area contributed by atoms with Crippen LogP contribution in [0.2, 0.25) is 5.02 Å². The smallest absolute Gasteiger partial charge is 0.138 e. The van der Waals surface area contributed by atoms with Gasteiger partial charge in [-0.25, -0.2) is 0 Å². The molecule has 0 aliphatic rings. The summed E-state index contributed by atoms with van der Waals surface area (Å²) in [7, 11) is 0. The minimum absolute atomic E-state index is 0.106. The summed E-state index contributed by atoms with van der Waals surface area (Å²) >= 11 is 6.06. The van der Waals surface area contributed by atoms with Gasteiger partial charge in [0, 0.05) is 6.04 Å². The van der Waals surface area contributed by atoms with Gasteiger partial charge in [0.2, 0.25) is 0 Å². The van der Waals surface area contributed by atoms with E-state index >= 15 is 0 Å². The van der Waals surface area contributed by atoms with Crippen molar-refractivity contribution in [3.63, 3.8) is 0 Å². The Bertz CT molecular complexity index is 357. The molecular weight excluding hydrogens is 238 g/mol. The zero-order chi connectivity index (χ0) is 12.8. The molecule has 0 heterocycles. The van der Waals surface area contributed by atoms with Crippen molar-refractivity contribution >= 4 is 11.6 Å². The number of hydrogen-bond donors (Lipinski definition) is 2. The molecule has 0 saturated carbocycles. The largest absolute Gasteiger partial charge is 0.485 e. The number of aliphatic hydroxyl groups is 1. The number of aliphatic hydroxyl groups excluding tert-OH is 1. The first-order valence-electron chi connectivity index (χ1n) is 5.87. The van der Waals surface area contributed by atoms with Gasteiger partial charge >= 0.3 is 0 Å². The molecule has 17 heavy (non-hydrogen) atoms. The van der Waals surface area contributed by atoms with Crippen molar-refractivity contribution in [2.24, 2.45) is 5.73 Å². The molecule has 0 bridgehead atoms. The molecule has 1 aromatic carbocycles. The standard InChI is InChI=1S/C13H20ClNO2/c1-3-4-11(15)13(8-16)17-12-6-5-9(2)7-10(12)14/h5-7,11,13,16H,3-4,8,15H2,1-2H3. The Morgan fingerprint density at radius 2 is 2.18 bits per heavy atom. The number of aryl methyl sites for hydroxylation is 1. The van der Waals surface area contributed by atoms with Crippen molar-refractivity contribution in [1.82, 2.24) is 0 Å². The van der Waals surface area contributed by atoms with Gasteiger partial charge in [-0.2, -0.15) is 0 Å². The van der Waals surface area contributed by atoms with E-state index in [9.17, 15) is 5.11 Å². The third-order valence-electron chi connectivity index (χ3n) is 2.65. The van der Waals surface area contributed by atoms with Gasteiger partial charge in [-0.15, -0.1) is 0 Å². The number of nitrogens with two attached hydrogens (primary N) is 1. The molecule has 96 valence electrons. The van der Waals surface area contributed by atoms with E-state index in [2.05, 4.69) is 0 Å². The molecule has 0 saturated heterocycles. The quantitative estimate of drug-likeness (QED) is 0.823. The average Bonchev–Trinajstić information content (AvgIpc) is 2.28. The molecule has 0 amide bonds. The van der Waals surface area contributed by atoms with Crippen LogP contribution in [0.15, 0.2) is 18.2 Å². The SMILES string of the molecule is CCCC(N)C(CO)Oc1ccc(C)cc1Cl. The molecule has 1 aromatic rings. The monoisotopic (exact) mass is 257 g/mol. The van der Waals surface area contributed by atoms with Crippen LogP contribution in [0.4, 0.5) is 0 Å². The van der Waals surface area contributed by atoms with Crippen LogP contribution in [0, 0.1) is 6.92 Å². The maximum atomic E-state index is 9.28. The summed E-state index contributed by atoms with van der Waals surface area (Å²) in [6.07, 6.45) is 1.37. The highest BCUT2D eigenvalue weighted by atomic mass is 35.5. The highest BCUT2D eigenvalue weighted by Crippen LogP contribution is 2.26. The van der Waals surface area contributed by atoms with Gasteiger partial charge in [0.15, 0.2) is 0 Å². The lowest BCUT2D eigenvalue weighted by atomic mass is 10.1. The van der Waals surface area contributed by atoms with Gasteiger partial charge in [0.1, 0.15) is 11.9 Å². The molecular formula is C13H20ClNO2. The molecule has 4 heteroatoms. The first-order chi connectivity index (χ1) is 8.08. The van der Waals surface area contributed by atoms with Crippen LogP contribution < -0.4 is 10.5 Å². The van der Waals surface area contributed by atoms with Crippen LogP contribution in [0.25, 0.3) is 0 Å². The number of benzene rings is 1. The third-order valence-corrected chi connectivity index (χ3v) is 2.94. The van der Waals surface area contributed by atoms with E-state index in [1.165, 1.54) is 0 Å². The molecule has 0 aliphatic heterocycles. The minimum atomic E-state index is -0.407. The van der Waals surface area contributed by atoms with Gasteiger partial charge in [0.25, 0.3) is 0 Å². The lowest BCUT2D eigenvalue weighted by Crippen LogP contribution is -2.41. The van der Waals surface area contributed by atoms with Crippen LogP contribution in [0.1, 0.15) is 25.3 Å². The zero-order valence-electron chi connectivity index (χ0n) is 10.3. The van der Waals surface area contributed by atoms with Crippen LogP contribution in [0.3, 0.4) is 0 Å². The molecule has 0 aromatic heterocycles. The van der Waals surface area contributed by atoms with E-state index in [1.807, 2.05) is 26.0 Å². The molecule has 0 radical (unpaired) electrons. The molecule has 2 atom stereocenters. The van der Waals surface area contributed by atoms with Gasteiger partial charge in [-0.1, -0.05) is 31.0 Å².